The lowest BCUT2D eigenvalue weighted by Gasteiger charge is -2.32. The smallest absolute Gasteiger partial charge is 0.454 e. The Morgan fingerprint density at radius 2 is 1.85 bits per heavy atom. The minimum atomic E-state index is -1.06. The Balaban J connectivity index is 1.54. The van der Waals surface area contributed by atoms with E-state index in [0.717, 1.165) is 5.69 Å². The summed E-state index contributed by atoms with van der Waals surface area (Å²) in [7, 11) is -1.06. The molecule has 0 atom stereocenters. The molecular weight excluding hydrogens is 340 g/mol. The Morgan fingerprint density at radius 3 is 2.58 bits per heavy atom. The van der Waals surface area contributed by atoms with Crippen LogP contribution in [0.15, 0.2) is 30.1 Å². The first-order chi connectivity index (χ1) is 12.2. The quantitative estimate of drug-likeness (QED) is 0.785. The topological polar surface area (TPSA) is 67.6 Å². The lowest BCUT2D eigenvalue weighted by atomic mass is 9.87. The van der Waals surface area contributed by atoms with Gasteiger partial charge >= 0.3 is 7.12 Å². The number of hydrogen-bond donors (Lipinski definition) is 0. The number of halogens is 1. The summed E-state index contributed by atoms with van der Waals surface area (Å²) in [5.41, 5.74) is -0.673. The number of rotatable bonds is 3. The van der Waals surface area contributed by atoms with Gasteiger partial charge < -0.3 is 18.8 Å². The van der Waals surface area contributed by atoms with Crippen LogP contribution in [0.25, 0.3) is 11.8 Å². The molecule has 0 bridgehead atoms. The molecule has 0 spiro atoms. The van der Waals surface area contributed by atoms with Gasteiger partial charge in [0.05, 0.1) is 23.1 Å². The Morgan fingerprint density at radius 1 is 1.15 bits per heavy atom. The van der Waals surface area contributed by atoms with Gasteiger partial charge in [-0.05, 0) is 45.9 Å². The fourth-order valence-electron chi connectivity index (χ4n) is 2.66. The summed E-state index contributed by atoms with van der Waals surface area (Å²) in [6.45, 7) is 7.68. The van der Waals surface area contributed by atoms with E-state index in [1.54, 1.807) is 18.3 Å². The molecular formula is C17H19BFN3O4. The van der Waals surface area contributed by atoms with Crippen LogP contribution in [-0.2, 0) is 9.31 Å². The number of nitrogens with zero attached hydrogens (tertiary/aromatic N) is 3. The maximum Gasteiger partial charge on any atom is 0.525 e. The summed E-state index contributed by atoms with van der Waals surface area (Å²) < 4.78 is 38.1. The molecule has 9 heteroatoms. The molecule has 136 valence electrons. The third-order valence-corrected chi connectivity index (χ3v) is 4.90. The predicted molar refractivity (Wildman–Crippen MR) is 92.6 cm³/mol. The average Bonchev–Trinajstić information content (AvgIpc) is 3.25. The Kier molecular flexibility index (Phi) is 3.82. The second-order valence-electron chi connectivity index (χ2n) is 7.24. The van der Waals surface area contributed by atoms with Crippen molar-refractivity contribution in [2.24, 2.45) is 0 Å². The van der Waals surface area contributed by atoms with Gasteiger partial charge in [0.15, 0.2) is 11.5 Å². The molecule has 7 nitrogen and oxygen atoms in total. The maximum absolute atomic E-state index is 14.6. The van der Waals surface area contributed by atoms with Crippen LogP contribution in [-0.4, -0.2) is 40.1 Å². The molecule has 1 fully saturated rings. The van der Waals surface area contributed by atoms with E-state index in [4.69, 9.17) is 18.8 Å². The van der Waals surface area contributed by atoms with Crippen LogP contribution in [0, 0.1) is 0 Å². The SMILES string of the molecule is CC1(C)OB(C(F)=Cc2cn(-c3ccc4c(c3)OCO4)nn2)OC1(C)C. The molecule has 3 heterocycles. The van der Waals surface area contributed by atoms with E-state index in [-0.39, 0.29) is 6.79 Å². The molecule has 1 aromatic heterocycles. The van der Waals surface area contributed by atoms with E-state index < -0.39 is 24.0 Å². The van der Waals surface area contributed by atoms with Gasteiger partial charge in [0, 0.05) is 6.07 Å². The molecule has 0 amide bonds. The van der Waals surface area contributed by atoms with Crippen molar-refractivity contribution in [1.82, 2.24) is 15.0 Å². The molecule has 2 aromatic rings. The average molecular weight is 359 g/mol. The van der Waals surface area contributed by atoms with Crippen molar-refractivity contribution in [3.8, 4) is 17.2 Å². The monoisotopic (exact) mass is 359 g/mol. The number of aromatic nitrogens is 3. The summed E-state index contributed by atoms with van der Waals surface area (Å²) in [5, 5.41) is 8.01. The second kappa shape index (κ2) is 5.82. The standard InChI is InChI=1S/C17H19BFN3O4/c1-16(2)17(3,4)26-18(25-16)15(19)7-11-9-22(21-20-11)12-5-6-13-14(8-12)24-10-23-13/h5-9H,10H2,1-4H3. The molecule has 1 saturated heterocycles. The molecule has 0 radical (unpaired) electrons. The molecule has 0 unspecified atom stereocenters. The minimum Gasteiger partial charge on any atom is -0.454 e. The maximum atomic E-state index is 14.6. The molecule has 2 aliphatic heterocycles. The number of hydrogen-bond acceptors (Lipinski definition) is 6. The summed E-state index contributed by atoms with van der Waals surface area (Å²) in [6, 6.07) is 5.40. The third-order valence-electron chi connectivity index (χ3n) is 4.90. The van der Waals surface area contributed by atoms with Crippen molar-refractivity contribution in [3.63, 3.8) is 0 Å². The van der Waals surface area contributed by atoms with E-state index >= 15 is 0 Å². The Labute approximate surface area is 150 Å². The lowest BCUT2D eigenvalue weighted by molar-refractivity contribution is 0.00578. The first-order valence-electron chi connectivity index (χ1n) is 8.30. The van der Waals surface area contributed by atoms with Crippen molar-refractivity contribution in [2.45, 2.75) is 38.9 Å². The first kappa shape index (κ1) is 17.1. The van der Waals surface area contributed by atoms with Gasteiger partial charge in [-0.15, -0.1) is 5.10 Å². The Bertz CT molecular complexity index is 865. The van der Waals surface area contributed by atoms with Crippen LogP contribution < -0.4 is 9.47 Å². The van der Waals surface area contributed by atoms with Crippen LogP contribution in [0.2, 0.25) is 0 Å². The van der Waals surface area contributed by atoms with Gasteiger partial charge in [-0.3, -0.25) is 0 Å². The minimum absolute atomic E-state index is 0.198. The molecule has 1 aromatic carbocycles. The zero-order chi connectivity index (χ0) is 18.5. The fraction of sp³-hybridized carbons (Fsp3) is 0.412. The molecule has 0 aliphatic carbocycles. The number of ether oxygens (including phenoxy) is 2. The first-order valence-corrected chi connectivity index (χ1v) is 8.30. The molecule has 2 aliphatic rings. The highest BCUT2D eigenvalue weighted by Gasteiger charge is 2.53. The second-order valence-corrected chi connectivity index (χ2v) is 7.24. The highest BCUT2D eigenvalue weighted by atomic mass is 19.1. The molecule has 0 N–H and O–H groups in total. The zero-order valence-electron chi connectivity index (χ0n) is 15.0. The zero-order valence-corrected chi connectivity index (χ0v) is 15.0. The van der Waals surface area contributed by atoms with Crippen LogP contribution in [0.1, 0.15) is 33.4 Å². The van der Waals surface area contributed by atoms with Gasteiger partial charge in [0.25, 0.3) is 0 Å². The van der Waals surface area contributed by atoms with Crippen molar-refractivity contribution in [2.75, 3.05) is 6.79 Å². The van der Waals surface area contributed by atoms with E-state index in [0.29, 0.717) is 17.2 Å². The van der Waals surface area contributed by atoms with Crippen molar-refractivity contribution in [1.29, 1.82) is 0 Å². The van der Waals surface area contributed by atoms with Crippen molar-refractivity contribution >= 4 is 13.2 Å². The highest BCUT2D eigenvalue weighted by molar-refractivity contribution is 6.54. The largest absolute Gasteiger partial charge is 0.525 e. The van der Waals surface area contributed by atoms with E-state index in [1.165, 1.54) is 10.8 Å². The van der Waals surface area contributed by atoms with E-state index in [9.17, 15) is 4.39 Å². The summed E-state index contributed by atoms with van der Waals surface area (Å²) >= 11 is 0. The molecule has 26 heavy (non-hydrogen) atoms. The van der Waals surface area contributed by atoms with Crippen molar-refractivity contribution < 1.29 is 23.2 Å². The van der Waals surface area contributed by atoms with Gasteiger partial charge in [-0.1, -0.05) is 5.21 Å². The van der Waals surface area contributed by atoms with Crippen LogP contribution in [0.4, 0.5) is 4.39 Å². The highest BCUT2D eigenvalue weighted by Crippen LogP contribution is 2.39. The van der Waals surface area contributed by atoms with Crippen LogP contribution in [0.5, 0.6) is 11.5 Å². The third kappa shape index (κ3) is 2.87. The lowest BCUT2D eigenvalue weighted by Crippen LogP contribution is -2.41. The predicted octanol–water partition coefficient (Wildman–Crippen LogP) is 2.94. The normalized spacial score (nSPS) is 20.7. The van der Waals surface area contributed by atoms with Crippen molar-refractivity contribution in [3.05, 3.63) is 35.8 Å². The fourth-order valence-corrected chi connectivity index (χ4v) is 2.66. The van der Waals surface area contributed by atoms with E-state index in [1.807, 2.05) is 33.8 Å². The molecule has 0 saturated carbocycles. The number of benzene rings is 1. The van der Waals surface area contributed by atoms with Crippen LogP contribution >= 0.6 is 0 Å². The van der Waals surface area contributed by atoms with Gasteiger partial charge in [-0.25, -0.2) is 9.07 Å². The summed E-state index contributed by atoms with van der Waals surface area (Å²) in [4.78, 5) is 0. The van der Waals surface area contributed by atoms with E-state index in [2.05, 4.69) is 10.3 Å². The summed E-state index contributed by atoms with van der Waals surface area (Å²) in [6.07, 6.45) is 2.88. The van der Waals surface area contributed by atoms with Crippen LogP contribution in [0.3, 0.4) is 0 Å². The van der Waals surface area contributed by atoms with Gasteiger partial charge in [-0.2, -0.15) is 0 Å². The summed E-state index contributed by atoms with van der Waals surface area (Å²) in [5.74, 6) is 1.32. The Hall–Kier alpha value is -2.39. The molecule has 4 rings (SSSR count). The number of fused-ring (bicyclic) bond motifs is 1. The van der Waals surface area contributed by atoms with Gasteiger partial charge in [0.2, 0.25) is 6.79 Å². The van der Waals surface area contributed by atoms with Gasteiger partial charge in [0.1, 0.15) is 11.4 Å².